The number of anilines is 3. The number of pyridine rings is 1. The summed E-state index contributed by atoms with van der Waals surface area (Å²) >= 11 is 0. The molecule has 1 spiro atoms. The molecule has 0 atom stereocenters. The maximum absolute atomic E-state index is 13.3. The third-order valence-electron chi connectivity index (χ3n) is 6.80. The van der Waals surface area contributed by atoms with Crippen molar-refractivity contribution in [1.82, 2.24) is 24.7 Å². The molecule has 3 aliphatic rings. The van der Waals surface area contributed by atoms with Crippen LogP contribution in [-0.4, -0.2) is 49.9 Å². The number of carbonyl (C=O) groups excluding carboxylic acids is 1. The van der Waals surface area contributed by atoms with Gasteiger partial charge in [-0.15, -0.1) is 0 Å². The Morgan fingerprint density at radius 2 is 1.97 bits per heavy atom. The van der Waals surface area contributed by atoms with Gasteiger partial charge in [0.15, 0.2) is 0 Å². The highest BCUT2D eigenvalue weighted by molar-refractivity contribution is 6.09. The van der Waals surface area contributed by atoms with Gasteiger partial charge in [0.2, 0.25) is 11.9 Å². The summed E-state index contributed by atoms with van der Waals surface area (Å²) < 4.78 is 7.27. The Morgan fingerprint density at radius 3 is 2.66 bits per heavy atom. The largest absolute Gasteiger partial charge is 0.381 e. The first-order chi connectivity index (χ1) is 15.5. The molecule has 9 heteroatoms. The van der Waals surface area contributed by atoms with E-state index in [0.717, 1.165) is 59.6 Å². The number of fused-ring (bicyclic) bond motifs is 2. The van der Waals surface area contributed by atoms with Gasteiger partial charge in [-0.1, -0.05) is 0 Å². The van der Waals surface area contributed by atoms with Crippen LogP contribution in [0.3, 0.4) is 0 Å². The number of nitrogens with zero attached hydrogens (tertiary/aromatic N) is 6. The molecule has 2 aliphatic heterocycles. The molecular weight excluding hydrogens is 406 g/mol. The summed E-state index contributed by atoms with van der Waals surface area (Å²) in [5, 5.41) is 7.52. The van der Waals surface area contributed by atoms with Gasteiger partial charge >= 0.3 is 0 Å². The average molecular weight is 432 g/mol. The lowest BCUT2D eigenvalue weighted by molar-refractivity contribution is -0.121. The normalized spacial score (nSPS) is 19.4. The summed E-state index contributed by atoms with van der Waals surface area (Å²) in [6.07, 6.45) is 10.8. The van der Waals surface area contributed by atoms with Gasteiger partial charge in [0.05, 0.1) is 29.2 Å². The van der Waals surface area contributed by atoms with E-state index in [0.29, 0.717) is 19.2 Å². The minimum absolute atomic E-state index is 0.139. The average Bonchev–Trinajstić information content (AvgIpc) is 3.43. The zero-order valence-electron chi connectivity index (χ0n) is 18.2. The highest BCUT2D eigenvalue weighted by atomic mass is 16.5. The maximum Gasteiger partial charge on any atom is 0.239 e. The molecule has 3 aromatic rings. The summed E-state index contributed by atoms with van der Waals surface area (Å²) in [4.78, 5) is 29.2. The number of rotatable bonds is 4. The summed E-state index contributed by atoms with van der Waals surface area (Å²) in [6.45, 7) is 3.39. The first kappa shape index (κ1) is 19.4. The highest BCUT2D eigenvalue weighted by Gasteiger charge is 2.61. The predicted octanol–water partition coefficient (Wildman–Crippen LogP) is 2.88. The Balaban J connectivity index is 1.31. The molecular formula is C23H25N7O2. The lowest BCUT2D eigenvalue weighted by Gasteiger charge is -2.31. The number of amides is 1. The second kappa shape index (κ2) is 7.09. The Bertz CT molecular complexity index is 1210. The molecule has 1 aliphatic carbocycles. The van der Waals surface area contributed by atoms with Gasteiger partial charge in [-0.2, -0.15) is 10.1 Å². The molecule has 32 heavy (non-hydrogen) atoms. The van der Waals surface area contributed by atoms with Crippen LogP contribution >= 0.6 is 0 Å². The van der Waals surface area contributed by atoms with E-state index in [2.05, 4.69) is 20.4 Å². The van der Waals surface area contributed by atoms with Crippen molar-refractivity contribution < 1.29 is 9.53 Å². The molecule has 3 aromatic heterocycles. The molecule has 5 heterocycles. The van der Waals surface area contributed by atoms with Crippen molar-refractivity contribution in [2.24, 2.45) is 7.05 Å². The van der Waals surface area contributed by atoms with Gasteiger partial charge in [0.25, 0.3) is 0 Å². The summed E-state index contributed by atoms with van der Waals surface area (Å²) in [5.74, 6) is 1.42. The lowest BCUT2D eigenvalue weighted by Crippen LogP contribution is -2.44. The number of nitrogens with one attached hydrogen (secondary N) is 1. The number of aromatic nitrogens is 5. The zero-order valence-corrected chi connectivity index (χ0v) is 18.2. The van der Waals surface area contributed by atoms with Crippen molar-refractivity contribution in [3.05, 3.63) is 42.0 Å². The topological polar surface area (TPSA) is 98.1 Å². The van der Waals surface area contributed by atoms with Crippen LogP contribution in [0, 0.1) is 6.92 Å². The second-order valence-electron chi connectivity index (χ2n) is 8.94. The van der Waals surface area contributed by atoms with Crippen molar-refractivity contribution in [2.75, 3.05) is 23.4 Å². The van der Waals surface area contributed by atoms with Crippen LogP contribution in [-0.2, 0) is 22.0 Å². The van der Waals surface area contributed by atoms with Crippen LogP contribution in [0.5, 0.6) is 0 Å². The molecule has 9 nitrogen and oxygen atoms in total. The number of aryl methyl sites for hydroxylation is 2. The zero-order chi connectivity index (χ0) is 21.9. The molecule has 0 radical (unpaired) electrons. The summed E-state index contributed by atoms with van der Waals surface area (Å²) in [6, 6.07) is 2.16. The fraction of sp³-hybridized carbons (Fsp3) is 0.435. The van der Waals surface area contributed by atoms with Crippen molar-refractivity contribution in [1.29, 1.82) is 0 Å². The first-order valence-electron chi connectivity index (χ1n) is 11.1. The van der Waals surface area contributed by atoms with E-state index in [4.69, 9.17) is 9.72 Å². The number of hydrogen-bond acceptors (Lipinski definition) is 7. The van der Waals surface area contributed by atoms with Gasteiger partial charge < -0.3 is 10.1 Å². The van der Waals surface area contributed by atoms with E-state index in [1.807, 2.05) is 37.3 Å². The minimum atomic E-state index is -0.394. The van der Waals surface area contributed by atoms with Crippen LogP contribution in [0.25, 0.3) is 11.3 Å². The highest BCUT2D eigenvalue weighted by Crippen LogP contribution is 2.57. The fourth-order valence-electron chi connectivity index (χ4n) is 4.81. The van der Waals surface area contributed by atoms with Crippen molar-refractivity contribution in [2.45, 2.75) is 44.1 Å². The fourth-order valence-corrected chi connectivity index (χ4v) is 4.81. The smallest absolute Gasteiger partial charge is 0.239 e. The maximum atomic E-state index is 13.3. The minimum Gasteiger partial charge on any atom is -0.381 e. The molecule has 1 saturated heterocycles. The number of hydrogen-bond donors (Lipinski definition) is 1. The quantitative estimate of drug-likeness (QED) is 0.678. The Labute approximate surface area is 185 Å². The van der Waals surface area contributed by atoms with Crippen LogP contribution < -0.4 is 10.2 Å². The van der Waals surface area contributed by atoms with Gasteiger partial charge in [-0.25, -0.2) is 4.98 Å². The van der Waals surface area contributed by atoms with Crippen LogP contribution in [0.2, 0.25) is 0 Å². The molecule has 1 saturated carbocycles. The molecule has 2 fully saturated rings. The van der Waals surface area contributed by atoms with Crippen molar-refractivity contribution in [3.8, 4) is 11.3 Å². The molecule has 0 aromatic carbocycles. The van der Waals surface area contributed by atoms with Gasteiger partial charge in [-0.05, 0) is 44.2 Å². The van der Waals surface area contributed by atoms with Gasteiger partial charge in [-0.3, -0.25) is 19.4 Å². The summed E-state index contributed by atoms with van der Waals surface area (Å²) in [5.41, 5.74) is 4.27. The second-order valence-corrected chi connectivity index (χ2v) is 8.94. The Morgan fingerprint density at radius 1 is 1.16 bits per heavy atom. The Kier molecular flexibility index (Phi) is 4.29. The van der Waals surface area contributed by atoms with E-state index >= 15 is 0 Å². The number of carbonyl (C=O) groups is 1. The van der Waals surface area contributed by atoms with Crippen LogP contribution in [0.15, 0.2) is 30.9 Å². The third-order valence-corrected chi connectivity index (χ3v) is 6.80. The van der Waals surface area contributed by atoms with Crippen LogP contribution in [0.1, 0.15) is 36.8 Å². The Hall–Kier alpha value is -3.33. The van der Waals surface area contributed by atoms with Crippen molar-refractivity contribution >= 4 is 23.4 Å². The molecule has 0 unspecified atom stereocenters. The predicted molar refractivity (Wildman–Crippen MR) is 119 cm³/mol. The van der Waals surface area contributed by atoms with Crippen molar-refractivity contribution in [3.63, 3.8) is 0 Å². The van der Waals surface area contributed by atoms with Gasteiger partial charge in [0, 0.05) is 49.8 Å². The van der Waals surface area contributed by atoms with E-state index in [1.54, 1.807) is 17.1 Å². The van der Waals surface area contributed by atoms with E-state index in [1.165, 1.54) is 0 Å². The molecule has 1 amide bonds. The van der Waals surface area contributed by atoms with Gasteiger partial charge in [0.1, 0.15) is 5.82 Å². The molecule has 164 valence electrons. The lowest BCUT2D eigenvalue weighted by atomic mass is 10.0. The standard InChI is InChI=1S/C23H25N7O2/c1-14-9-18(15-10-26-29(2)13-15)24-12-19(14)27-22-25-11-17-20(28-22)30(16-3-7-32-8-4-16)21(31)23(17)5-6-23/h9-13,16H,3-8H2,1-2H3,(H,25,27,28). The SMILES string of the molecule is Cc1cc(-c2cnn(C)c2)ncc1Nc1ncc2c(n1)N(C1CCOCC1)C(=O)C21CC1. The number of ether oxygens (including phenoxy) is 1. The third kappa shape index (κ3) is 2.99. The molecule has 0 bridgehead atoms. The van der Waals surface area contributed by atoms with Crippen LogP contribution in [0.4, 0.5) is 17.5 Å². The molecule has 1 N–H and O–H groups in total. The molecule has 6 rings (SSSR count). The monoisotopic (exact) mass is 431 g/mol. The first-order valence-corrected chi connectivity index (χ1v) is 11.1. The van der Waals surface area contributed by atoms with E-state index in [9.17, 15) is 4.79 Å². The summed E-state index contributed by atoms with van der Waals surface area (Å²) in [7, 11) is 1.89. The van der Waals surface area contributed by atoms with E-state index < -0.39 is 5.41 Å². The van der Waals surface area contributed by atoms with E-state index in [-0.39, 0.29) is 11.9 Å².